The van der Waals surface area contributed by atoms with Crippen molar-refractivity contribution in [2.45, 2.75) is 0 Å². The number of nitrogens with zero attached hydrogens (tertiary/aromatic N) is 1. The number of aliphatic carboxylic acids is 1. The zero-order chi connectivity index (χ0) is 8.27. The summed E-state index contributed by atoms with van der Waals surface area (Å²) in [6.07, 6.45) is 6.39. The summed E-state index contributed by atoms with van der Waals surface area (Å²) in [7, 11) is 1.89. The van der Waals surface area contributed by atoms with E-state index in [-0.39, 0.29) is 0 Å². The maximum atomic E-state index is 10.1. The molecule has 0 aromatic carbocycles. The molecule has 0 spiro atoms. The van der Waals surface area contributed by atoms with Crippen molar-refractivity contribution in [2.24, 2.45) is 7.05 Å². The molecular formula is C8H9NO2. The van der Waals surface area contributed by atoms with Gasteiger partial charge < -0.3 is 9.67 Å². The van der Waals surface area contributed by atoms with Crippen molar-refractivity contribution in [3.8, 4) is 0 Å². The molecule has 11 heavy (non-hydrogen) atoms. The van der Waals surface area contributed by atoms with Crippen LogP contribution in [0.5, 0.6) is 0 Å². The van der Waals surface area contributed by atoms with Gasteiger partial charge in [-0.2, -0.15) is 0 Å². The lowest BCUT2D eigenvalue weighted by Crippen LogP contribution is -1.85. The van der Waals surface area contributed by atoms with E-state index >= 15 is 0 Å². The van der Waals surface area contributed by atoms with Crippen molar-refractivity contribution in [1.29, 1.82) is 0 Å². The lowest BCUT2D eigenvalue weighted by atomic mass is 10.3. The third-order valence-electron chi connectivity index (χ3n) is 1.27. The van der Waals surface area contributed by atoms with Gasteiger partial charge in [0.2, 0.25) is 0 Å². The molecule has 0 fully saturated rings. The molecule has 1 rings (SSSR count). The van der Waals surface area contributed by atoms with E-state index in [0.29, 0.717) is 0 Å². The number of hydrogen-bond donors (Lipinski definition) is 1. The molecule has 3 heteroatoms. The predicted molar refractivity (Wildman–Crippen MR) is 42.1 cm³/mol. The SMILES string of the molecule is Cn1ccc(/C=C/C(=O)O)c1. The van der Waals surface area contributed by atoms with Gasteiger partial charge in [-0.15, -0.1) is 0 Å². The number of rotatable bonds is 2. The first-order valence-electron chi connectivity index (χ1n) is 3.21. The first-order valence-corrected chi connectivity index (χ1v) is 3.21. The Morgan fingerprint density at radius 2 is 2.45 bits per heavy atom. The minimum atomic E-state index is -0.922. The highest BCUT2D eigenvalue weighted by Crippen LogP contribution is 2.01. The summed E-state index contributed by atoms with van der Waals surface area (Å²) in [6, 6.07) is 1.85. The molecule has 0 atom stereocenters. The van der Waals surface area contributed by atoms with Crippen LogP contribution in [0, 0.1) is 0 Å². The molecule has 58 valence electrons. The third kappa shape index (κ3) is 2.29. The molecule has 0 amide bonds. The zero-order valence-electron chi connectivity index (χ0n) is 6.19. The van der Waals surface area contributed by atoms with Crippen LogP contribution in [0.3, 0.4) is 0 Å². The van der Waals surface area contributed by atoms with Crippen molar-refractivity contribution >= 4 is 12.0 Å². The van der Waals surface area contributed by atoms with Gasteiger partial charge >= 0.3 is 5.97 Å². The fourth-order valence-corrected chi connectivity index (χ4v) is 0.791. The summed E-state index contributed by atoms with van der Waals surface area (Å²) in [4.78, 5) is 10.1. The van der Waals surface area contributed by atoms with E-state index in [2.05, 4.69) is 0 Å². The molecule has 1 aromatic rings. The molecule has 0 saturated carbocycles. The molecule has 0 aliphatic carbocycles. The van der Waals surface area contributed by atoms with Crippen molar-refractivity contribution in [1.82, 2.24) is 4.57 Å². The number of aryl methyl sites for hydroxylation is 1. The van der Waals surface area contributed by atoms with Gasteiger partial charge in [0.1, 0.15) is 0 Å². The van der Waals surface area contributed by atoms with E-state index < -0.39 is 5.97 Å². The van der Waals surface area contributed by atoms with E-state index in [1.54, 1.807) is 6.08 Å². The van der Waals surface area contributed by atoms with Crippen LogP contribution in [0.15, 0.2) is 24.5 Å². The van der Waals surface area contributed by atoms with Crippen molar-refractivity contribution in [2.75, 3.05) is 0 Å². The summed E-state index contributed by atoms with van der Waals surface area (Å²) in [5.41, 5.74) is 0.898. The van der Waals surface area contributed by atoms with Crippen LogP contribution in [-0.2, 0) is 11.8 Å². The van der Waals surface area contributed by atoms with Gasteiger partial charge in [0.05, 0.1) is 0 Å². The fourth-order valence-electron chi connectivity index (χ4n) is 0.791. The smallest absolute Gasteiger partial charge is 0.328 e. The minimum absolute atomic E-state index is 0.898. The maximum absolute atomic E-state index is 10.1. The van der Waals surface area contributed by atoms with Gasteiger partial charge in [-0.1, -0.05) is 0 Å². The van der Waals surface area contributed by atoms with Gasteiger partial charge in [0, 0.05) is 25.5 Å². The summed E-state index contributed by atoms with van der Waals surface area (Å²) in [6.45, 7) is 0. The predicted octanol–water partition coefficient (Wildman–Crippen LogP) is 1.12. The van der Waals surface area contributed by atoms with E-state index in [0.717, 1.165) is 11.6 Å². The molecule has 0 unspecified atom stereocenters. The summed E-state index contributed by atoms with van der Waals surface area (Å²) in [5.74, 6) is -0.922. The maximum Gasteiger partial charge on any atom is 0.328 e. The van der Waals surface area contributed by atoms with E-state index in [4.69, 9.17) is 5.11 Å². The molecule has 1 aromatic heterocycles. The second-order valence-corrected chi connectivity index (χ2v) is 2.28. The van der Waals surface area contributed by atoms with E-state index in [9.17, 15) is 4.79 Å². The lowest BCUT2D eigenvalue weighted by Gasteiger charge is -1.83. The van der Waals surface area contributed by atoms with Crippen molar-refractivity contribution in [3.63, 3.8) is 0 Å². The molecule has 0 aliphatic rings. The van der Waals surface area contributed by atoms with Crippen LogP contribution in [0.1, 0.15) is 5.56 Å². The van der Waals surface area contributed by atoms with E-state index in [1.807, 2.05) is 30.1 Å². The van der Waals surface area contributed by atoms with Crippen LogP contribution in [0.2, 0.25) is 0 Å². The topological polar surface area (TPSA) is 42.2 Å². The summed E-state index contributed by atoms with van der Waals surface area (Å²) >= 11 is 0. The average molecular weight is 151 g/mol. The van der Waals surface area contributed by atoms with Crippen molar-refractivity contribution in [3.05, 3.63) is 30.1 Å². The molecular weight excluding hydrogens is 142 g/mol. The van der Waals surface area contributed by atoms with Crippen LogP contribution in [0.25, 0.3) is 6.08 Å². The molecule has 3 nitrogen and oxygen atoms in total. The molecule has 1 heterocycles. The van der Waals surface area contributed by atoms with Gasteiger partial charge in [-0.05, 0) is 17.7 Å². The Hall–Kier alpha value is -1.51. The number of carboxylic acid groups (broad SMARTS) is 1. The normalized spacial score (nSPS) is 10.6. The Balaban J connectivity index is 2.71. The highest BCUT2D eigenvalue weighted by Gasteiger charge is 1.89. The zero-order valence-corrected chi connectivity index (χ0v) is 6.19. The van der Waals surface area contributed by atoms with E-state index in [1.165, 1.54) is 0 Å². The minimum Gasteiger partial charge on any atom is -0.478 e. The summed E-state index contributed by atoms with van der Waals surface area (Å²) in [5, 5.41) is 8.29. The van der Waals surface area contributed by atoms with Crippen molar-refractivity contribution < 1.29 is 9.90 Å². The first-order chi connectivity index (χ1) is 5.18. The molecule has 0 bridgehead atoms. The van der Waals surface area contributed by atoms with Gasteiger partial charge in [0.25, 0.3) is 0 Å². The Morgan fingerprint density at radius 1 is 1.73 bits per heavy atom. The third-order valence-corrected chi connectivity index (χ3v) is 1.27. The highest BCUT2D eigenvalue weighted by atomic mass is 16.4. The Kier molecular flexibility index (Phi) is 2.11. The number of carboxylic acids is 1. The number of hydrogen-bond acceptors (Lipinski definition) is 1. The second kappa shape index (κ2) is 3.05. The lowest BCUT2D eigenvalue weighted by molar-refractivity contribution is -0.131. The van der Waals surface area contributed by atoms with Crippen LogP contribution in [-0.4, -0.2) is 15.6 Å². The van der Waals surface area contributed by atoms with Crippen LogP contribution >= 0.6 is 0 Å². The fraction of sp³-hybridized carbons (Fsp3) is 0.125. The molecule has 1 N–H and O–H groups in total. The summed E-state index contributed by atoms with van der Waals surface area (Å²) < 4.78 is 1.86. The average Bonchev–Trinajstić information content (AvgIpc) is 2.31. The Bertz CT molecular complexity index is 286. The van der Waals surface area contributed by atoms with Crippen LogP contribution in [0.4, 0.5) is 0 Å². The van der Waals surface area contributed by atoms with Gasteiger partial charge in [-0.25, -0.2) is 4.79 Å². The van der Waals surface area contributed by atoms with Gasteiger partial charge in [-0.3, -0.25) is 0 Å². The Labute approximate surface area is 64.6 Å². The monoisotopic (exact) mass is 151 g/mol. The highest BCUT2D eigenvalue weighted by molar-refractivity contribution is 5.85. The first kappa shape index (κ1) is 7.60. The Morgan fingerprint density at radius 3 is 2.91 bits per heavy atom. The quantitative estimate of drug-likeness (QED) is 0.643. The molecule has 0 radical (unpaired) electrons. The standard InChI is InChI=1S/C8H9NO2/c1-9-5-4-7(6-9)2-3-8(10)11/h2-6H,1H3,(H,10,11)/b3-2+. The number of aromatic nitrogens is 1. The number of carbonyl (C=O) groups is 1. The van der Waals surface area contributed by atoms with Crippen LogP contribution < -0.4 is 0 Å². The molecule has 0 saturated heterocycles. The second-order valence-electron chi connectivity index (χ2n) is 2.28. The largest absolute Gasteiger partial charge is 0.478 e. The molecule has 0 aliphatic heterocycles. The van der Waals surface area contributed by atoms with Gasteiger partial charge in [0.15, 0.2) is 0 Å².